The van der Waals surface area contributed by atoms with Crippen LogP contribution in [0.2, 0.25) is 0 Å². The van der Waals surface area contributed by atoms with Crippen LogP contribution in [0, 0.1) is 0 Å². The predicted molar refractivity (Wildman–Crippen MR) is 79.2 cm³/mol. The second kappa shape index (κ2) is 6.61. The van der Waals surface area contributed by atoms with Gasteiger partial charge >= 0.3 is 29.6 Å². The van der Waals surface area contributed by atoms with Gasteiger partial charge in [0.2, 0.25) is 0 Å². The van der Waals surface area contributed by atoms with E-state index in [1.165, 1.54) is 21.9 Å². The monoisotopic (exact) mass is 286 g/mol. The number of carbonyl (C=O) groups excluding carboxylic acids is 1. The van der Waals surface area contributed by atoms with E-state index in [4.69, 9.17) is 0 Å². The van der Waals surface area contributed by atoms with Gasteiger partial charge in [0.15, 0.2) is 0 Å². The summed E-state index contributed by atoms with van der Waals surface area (Å²) in [6.07, 6.45) is 7.12. The predicted octanol–water partition coefficient (Wildman–Crippen LogP) is -0.348. The summed E-state index contributed by atoms with van der Waals surface area (Å²) in [5.41, 5.74) is 4.62. The summed E-state index contributed by atoms with van der Waals surface area (Å²) >= 11 is 0. The Bertz CT molecular complexity index is 747. The summed E-state index contributed by atoms with van der Waals surface area (Å²) in [6, 6.07) is 10.7. The Hall–Kier alpha value is -1.35. The summed E-state index contributed by atoms with van der Waals surface area (Å²) in [5, 5.41) is 13.1. The van der Waals surface area contributed by atoms with Gasteiger partial charge in [-0.1, -0.05) is 42.5 Å². The van der Waals surface area contributed by atoms with Gasteiger partial charge in [0.25, 0.3) is 0 Å². The number of allylic oxidation sites excluding steroid dienone is 2. The number of benzene rings is 2. The smallest absolute Gasteiger partial charge is 0.545 e. The van der Waals surface area contributed by atoms with Gasteiger partial charge in [-0.2, -0.15) is 0 Å². The SMILES string of the molecule is CC(/C=C/c1ccc2c3c(cccc13)CC2)=C\C(=O)[O-].[Na+]. The molecule has 2 aromatic carbocycles. The van der Waals surface area contributed by atoms with Crippen LogP contribution in [0.5, 0.6) is 0 Å². The van der Waals surface area contributed by atoms with Crippen LogP contribution in [0.3, 0.4) is 0 Å². The van der Waals surface area contributed by atoms with E-state index < -0.39 is 5.97 Å². The first-order chi connectivity index (χ1) is 9.65. The number of aryl methyl sites for hydroxylation is 2. The summed E-state index contributed by atoms with van der Waals surface area (Å²) in [6.45, 7) is 1.76. The molecule has 0 unspecified atom stereocenters. The molecule has 2 aromatic rings. The maximum Gasteiger partial charge on any atom is 1.00 e. The molecule has 0 fully saturated rings. The number of aliphatic carboxylic acids is 1. The first-order valence-corrected chi connectivity index (χ1v) is 6.76. The summed E-state index contributed by atoms with van der Waals surface area (Å²) in [4.78, 5) is 10.5. The first kappa shape index (κ1) is 16.0. The Kier molecular flexibility index (Phi) is 5.04. The number of rotatable bonds is 3. The van der Waals surface area contributed by atoms with Crippen LogP contribution >= 0.6 is 0 Å². The van der Waals surface area contributed by atoms with Gasteiger partial charge in [0, 0.05) is 0 Å². The van der Waals surface area contributed by atoms with Crippen LogP contribution in [0.1, 0.15) is 23.6 Å². The van der Waals surface area contributed by atoms with Crippen LogP contribution in [-0.2, 0) is 17.6 Å². The van der Waals surface area contributed by atoms with Crippen LogP contribution in [0.25, 0.3) is 16.8 Å². The molecule has 0 heterocycles. The fourth-order valence-corrected chi connectivity index (χ4v) is 2.87. The van der Waals surface area contributed by atoms with Crippen molar-refractivity contribution in [2.45, 2.75) is 19.8 Å². The van der Waals surface area contributed by atoms with Gasteiger partial charge in [0.1, 0.15) is 0 Å². The fourth-order valence-electron chi connectivity index (χ4n) is 2.87. The Labute approximate surface area is 146 Å². The maximum atomic E-state index is 10.5. The van der Waals surface area contributed by atoms with Crippen molar-refractivity contribution in [1.82, 2.24) is 0 Å². The average molecular weight is 286 g/mol. The first-order valence-electron chi connectivity index (χ1n) is 6.76. The fraction of sp³-hybridized carbons (Fsp3) is 0.167. The minimum Gasteiger partial charge on any atom is -0.545 e. The van der Waals surface area contributed by atoms with E-state index in [1.54, 1.807) is 6.92 Å². The zero-order chi connectivity index (χ0) is 14.1. The molecule has 2 nitrogen and oxygen atoms in total. The normalized spacial score (nSPS) is 13.7. The van der Waals surface area contributed by atoms with Gasteiger partial charge in [-0.05, 0) is 58.9 Å². The van der Waals surface area contributed by atoms with Crippen molar-refractivity contribution in [1.29, 1.82) is 0 Å². The van der Waals surface area contributed by atoms with E-state index in [9.17, 15) is 9.90 Å². The molecule has 0 amide bonds. The van der Waals surface area contributed by atoms with Crippen LogP contribution in [0.4, 0.5) is 0 Å². The molecule has 0 saturated heterocycles. The minimum atomic E-state index is -1.16. The van der Waals surface area contributed by atoms with Crippen LogP contribution in [-0.4, -0.2) is 5.97 Å². The third-order valence-corrected chi connectivity index (χ3v) is 3.78. The van der Waals surface area contributed by atoms with E-state index in [0.29, 0.717) is 5.57 Å². The maximum absolute atomic E-state index is 10.5. The quantitative estimate of drug-likeness (QED) is 0.440. The molecule has 0 aliphatic heterocycles. The largest absolute Gasteiger partial charge is 1.00 e. The number of carbonyl (C=O) groups is 1. The number of carboxylic acids is 1. The second-order valence-corrected chi connectivity index (χ2v) is 5.19. The van der Waals surface area contributed by atoms with Gasteiger partial charge in [-0.25, -0.2) is 0 Å². The van der Waals surface area contributed by atoms with Crippen molar-refractivity contribution in [2.75, 3.05) is 0 Å². The summed E-state index contributed by atoms with van der Waals surface area (Å²) in [7, 11) is 0. The molecule has 0 atom stereocenters. The van der Waals surface area contributed by atoms with Crippen molar-refractivity contribution in [3.05, 3.63) is 64.7 Å². The molecular formula is C18H15NaO2. The Balaban J connectivity index is 0.00000161. The average Bonchev–Trinajstić information content (AvgIpc) is 2.83. The van der Waals surface area contributed by atoms with E-state index in [-0.39, 0.29) is 29.6 Å². The van der Waals surface area contributed by atoms with Crippen molar-refractivity contribution in [2.24, 2.45) is 0 Å². The standard InChI is InChI=1S/C18H16O2.Na/c1-12(11-17(19)20)5-6-13-7-8-15-10-9-14-3-2-4-16(13)18(14)15;/h2-8,11H,9-10H2,1H3,(H,19,20);/q;+1/p-1/b6-5+,12-11+;. The number of hydrogen-bond acceptors (Lipinski definition) is 2. The third kappa shape index (κ3) is 3.29. The summed E-state index contributed by atoms with van der Waals surface area (Å²) in [5.74, 6) is -1.16. The van der Waals surface area contributed by atoms with Gasteiger partial charge in [-0.3, -0.25) is 0 Å². The third-order valence-electron chi connectivity index (χ3n) is 3.78. The molecule has 0 spiro atoms. The van der Waals surface area contributed by atoms with Crippen LogP contribution < -0.4 is 34.7 Å². The van der Waals surface area contributed by atoms with Crippen molar-refractivity contribution in [3.8, 4) is 0 Å². The molecule has 0 aromatic heterocycles. The molecule has 0 saturated carbocycles. The number of hydrogen-bond donors (Lipinski definition) is 0. The molecule has 3 heteroatoms. The van der Waals surface area contributed by atoms with E-state index in [0.717, 1.165) is 24.5 Å². The second-order valence-electron chi connectivity index (χ2n) is 5.19. The van der Waals surface area contributed by atoms with E-state index >= 15 is 0 Å². The van der Waals surface area contributed by atoms with E-state index in [2.05, 4.69) is 30.3 Å². The van der Waals surface area contributed by atoms with Crippen molar-refractivity contribution < 1.29 is 39.5 Å². The Morgan fingerprint density at radius 3 is 2.57 bits per heavy atom. The molecular weight excluding hydrogens is 271 g/mol. The van der Waals surface area contributed by atoms with Gasteiger partial charge < -0.3 is 9.90 Å². The molecule has 0 N–H and O–H groups in total. The molecule has 1 aliphatic carbocycles. The van der Waals surface area contributed by atoms with Crippen LogP contribution in [0.15, 0.2) is 48.1 Å². The zero-order valence-electron chi connectivity index (χ0n) is 12.3. The minimum absolute atomic E-state index is 0. The molecule has 0 bridgehead atoms. The molecule has 21 heavy (non-hydrogen) atoms. The zero-order valence-corrected chi connectivity index (χ0v) is 14.3. The van der Waals surface area contributed by atoms with Gasteiger partial charge in [-0.15, -0.1) is 0 Å². The van der Waals surface area contributed by atoms with E-state index in [1.807, 2.05) is 12.2 Å². The van der Waals surface area contributed by atoms with Crippen molar-refractivity contribution >= 4 is 22.8 Å². The summed E-state index contributed by atoms with van der Waals surface area (Å²) < 4.78 is 0. The molecule has 0 radical (unpaired) electrons. The number of carboxylic acid groups (broad SMARTS) is 1. The molecule has 1 aliphatic rings. The van der Waals surface area contributed by atoms with Gasteiger partial charge in [0.05, 0.1) is 5.97 Å². The Morgan fingerprint density at radius 1 is 1.14 bits per heavy atom. The topological polar surface area (TPSA) is 40.1 Å². The molecule has 3 rings (SSSR count). The Morgan fingerprint density at radius 2 is 1.86 bits per heavy atom. The van der Waals surface area contributed by atoms with Crippen molar-refractivity contribution in [3.63, 3.8) is 0 Å². The molecule has 100 valence electrons.